The molecule has 0 aliphatic carbocycles. The smallest absolute Gasteiger partial charge is 0.252 e. The summed E-state index contributed by atoms with van der Waals surface area (Å²) >= 11 is 0. The number of carbonyl (C=O) groups is 2. The van der Waals surface area contributed by atoms with Crippen molar-refractivity contribution in [1.82, 2.24) is 20.4 Å². The van der Waals surface area contributed by atoms with E-state index in [4.69, 9.17) is 5.73 Å². The van der Waals surface area contributed by atoms with E-state index in [0.29, 0.717) is 36.3 Å². The Morgan fingerprint density at radius 1 is 1.17 bits per heavy atom. The molecule has 3 rings (SSSR count). The van der Waals surface area contributed by atoms with Crippen LogP contribution in [0.2, 0.25) is 0 Å². The lowest BCUT2D eigenvalue weighted by molar-refractivity contribution is -0.123. The molecule has 35 heavy (non-hydrogen) atoms. The maximum absolute atomic E-state index is 13.2. The predicted molar refractivity (Wildman–Crippen MR) is 131 cm³/mol. The molecule has 0 fully saturated rings. The van der Waals surface area contributed by atoms with Crippen molar-refractivity contribution in [3.8, 4) is 11.8 Å². The number of rotatable bonds is 9. The average molecular weight is 477 g/mol. The number of anilines is 1. The Bertz CT molecular complexity index is 1240. The van der Waals surface area contributed by atoms with Gasteiger partial charge in [-0.05, 0) is 61.6 Å². The number of hydrogen-bond acceptors (Lipinski definition) is 5. The Morgan fingerprint density at radius 3 is 2.49 bits per heavy atom. The van der Waals surface area contributed by atoms with Crippen molar-refractivity contribution in [2.75, 3.05) is 12.3 Å². The molecule has 1 atom stereocenters. The Labute approximate surface area is 203 Å². The van der Waals surface area contributed by atoms with Crippen molar-refractivity contribution >= 4 is 17.6 Å². The van der Waals surface area contributed by atoms with Gasteiger partial charge in [0.25, 0.3) is 5.91 Å². The molecule has 1 aromatic heterocycles. The van der Waals surface area contributed by atoms with E-state index in [0.717, 1.165) is 5.56 Å². The standard InChI is InChI=1S/C26H29FN6O2/c1-16(2)23(31-25(34)20-8-5-4-7-17(20)3)26(35)30-14-6-9-22-21(15-28)24(29)33(32-22)19-12-10-18(27)11-13-19/h4-5,7-8,10-13,16,23H,6,9,14,29H2,1-3H3,(H,30,35)(H,31,34). The molecule has 9 heteroatoms. The van der Waals surface area contributed by atoms with Crippen LogP contribution < -0.4 is 16.4 Å². The van der Waals surface area contributed by atoms with E-state index in [2.05, 4.69) is 21.8 Å². The zero-order valence-corrected chi connectivity index (χ0v) is 20.0. The third-order valence-electron chi connectivity index (χ3n) is 5.69. The normalized spacial score (nSPS) is 11.7. The van der Waals surface area contributed by atoms with Gasteiger partial charge in [-0.2, -0.15) is 10.4 Å². The van der Waals surface area contributed by atoms with Crippen LogP contribution in [0.1, 0.15) is 47.4 Å². The molecule has 0 saturated carbocycles. The largest absolute Gasteiger partial charge is 0.382 e. The summed E-state index contributed by atoms with van der Waals surface area (Å²) < 4.78 is 14.6. The number of nitrogens with zero attached hydrogens (tertiary/aromatic N) is 3. The van der Waals surface area contributed by atoms with Gasteiger partial charge in [0.15, 0.2) is 0 Å². The van der Waals surface area contributed by atoms with Gasteiger partial charge in [-0.1, -0.05) is 32.0 Å². The molecule has 1 unspecified atom stereocenters. The molecule has 2 amide bonds. The second-order valence-electron chi connectivity index (χ2n) is 8.61. The second-order valence-corrected chi connectivity index (χ2v) is 8.61. The second kappa shape index (κ2) is 11.3. The number of halogens is 1. The number of carbonyl (C=O) groups excluding carboxylic acids is 2. The Balaban J connectivity index is 1.60. The molecule has 2 aromatic carbocycles. The quantitative estimate of drug-likeness (QED) is 0.409. The lowest BCUT2D eigenvalue weighted by Crippen LogP contribution is -2.50. The van der Waals surface area contributed by atoms with Crippen molar-refractivity contribution in [2.24, 2.45) is 5.92 Å². The first-order valence-corrected chi connectivity index (χ1v) is 11.4. The lowest BCUT2D eigenvalue weighted by Gasteiger charge is -2.22. The molecule has 4 N–H and O–H groups in total. The van der Waals surface area contributed by atoms with Crippen LogP contribution in [0.4, 0.5) is 10.2 Å². The summed E-state index contributed by atoms with van der Waals surface area (Å²) in [5, 5.41) is 19.6. The molecule has 3 aromatic rings. The zero-order chi connectivity index (χ0) is 25.5. The summed E-state index contributed by atoms with van der Waals surface area (Å²) in [5.74, 6) is -0.891. The number of aryl methyl sites for hydroxylation is 2. The molecule has 0 aliphatic rings. The van der Waals surface area contributed by atoms with E-state index in [1.165, 1.54) is 28.9 Å². The number of nitrogen functional groups attached to an aromatic ring is 1. The predicted octanol–water partition coefficient (Wildman–Crippen LogP) is 3.28. The van der Waals surface area contributed by atoms with Crippen LogP contribution in [0, 0.1) is 30.0 Å². The lowest BCUT2D eigenvalue weighted by atomic mass is 10.0. The molecular weight excluding hydrogens is 447 g/mol. The minimum Gasteiger partial charge on any atom is -0.382 e. The van der Waals surface area contributed by atoms with Gasteiger partial charge in [-0.25, -0.2) is 9.07 Å². The van der Waals surface area contributed by atoms with Crippen molar-refractivity contribution in [3.63, 3.8) is 0 Å². The molecule has 182 valence electrons. The van der Waals surface area contributed by atoms with Crippen molar-refractivity contribution in [1.29, 1.82) is 5.26 Å². The van der Waals surface area contributed by atoms with E-state index >= 15 is 0 Å². The Kier molecular flexibility index (Phi) is 8.21. The highest BCUT2D eigenvalue weighted by molar-refractivity contribution is 5.98. The monoisotopic (exact) mass is 476 g/mol. The highest BCUT2D eigenvalue weighted by Crippen LogP contribution is 2.21. The number of nitrogens with two attached hydrogens (primary N) is 1. The van der Waals surface area contributed by atoms with Gasteiger partial charge in [0.1, 0.15) is 29.3 Å². The van der Waals surface area contributed by atoms with Crippen LogP contribution in [0.3, 0.4) is 0 Å². The summed E-state index contributed by atoms with van der Waals surface area (Å²) in [4.78, 5) is 25.5. The number of aromatic nitrogens is 2. The zero-order valence-electron chi connectivity index (χ0n) is 20.0. The van der Waals surface area contributed by atoms with Gasteiger partial charge < -0.3 is 16.4 Å². The first-order valence-electron chi connectivity index (χ1n) is 11.4. The fourth-order valence-corrected chi connectivity index (χ4v) is 3.71. The third-order valence-corrected chi connectivity index (χ3v) is 5.69. The van der Waals surface area contributed by atoms with Gasteiger partial charge in [0.05, 0.1) is 11.4 Å². The topological polar surface area (TPSA) is 126 Å². The molecule has 0 bridgehead atoms. The summed E-state index contributed by atoms with van der Waals surface area (Å²) in [6, 6.07) is 14.2. The van der Waals surface area contributed by atoms with E-state index in [9.17, 15) is 19.2 Å². The molecule has 1 heterocycles. The van der Waals surface area contributed by atoms with Crippen LogP contribution in [-0.4, -0.2) is 34.2 Å². The van der Waals surface area contributed by atoms with Gasteiger partial charge in [-0.15, -0.1) is 0 Å². The van der Waals surface area contributed by atoms with Crippen LogP contribution >= 0.6 is 0 Å². The fraction of sp³-hybridized carbons (Fsp3) is 0.308. The van der Waals surface area contributed by atoms with E-state index in [-0.39, 0.29) is 34.9 Å². The van der Waals surface area contributed by atoms with Crippen LogP contribution in [0.5, 0.6) is 0 Å². The maximum Gasteiger partial charge on any atom is 0.252 e. The van der Waals surface area contributed by atoms with E-state index in [1.54, 1.807) is 12.1 Å². The summed E-state index contributed by atoms with van der Waals surface area (Å²) in [5.41, 5.74) is 8.75. The van der Waals surface area contributed by atoms with E-state index < -0.39 is 6.04 Å². The highest BCUT2D eigenvalue weighted by Gasteiger charge is 2.25. The van der Waals surface area contributed by atoms with E-state index in [1.807, 2.05) is 32.9 Å². The SMILES string of the molecule is Cc1ccccc1C(=O)NC(C(=O)NCCCc1nn(-c2ccc(F)cc2)c(N)c1C#N)C(C)C. The van der Waals surface area contributed by atoms with Gasteiger partial charge in [0, 0.05) is 12.1 Å². The highest BCUT2D eigenvalue weighted by atomic mass is 19.1. The molecule has 0 radical (unpaired) electrons. The number of hydrogen-bond donors (Lipinski definition) is 3. The Hall–Kier alpha value is -4.19. The molecule has 0 aliphatic heterocycles. The van der Waals surface area contributed by atoms with Crippen LogP contribution in [0.25, 0.3) is 5.69 Å². The Morgan fingerprint density at radius 2 is 1.86 bits per heavy atom. The first-order chi connectivity index (χ1) is 16.7. The number of nitriles is 1. The third kappa shape index (κ3) is 6.03. The molecule has 0 saturated heterocycles. The summed E-state index contributed by atoms with van der Waals surface area (Å²) in [6.07, 6.45) is 0.917. The van der Waals surface area contributed by atoms with Crippen molar-refractivity contribution in [3.05, 3.63) is 76.7 Å². The summed E-state index contributed by atoms with van der Waals surface area (Å²) in [6.45, 7) is 5.91. The average Bonchev–Trinajstić information content (AvgIpc) is 3.15. The fourth-order valence-electron chi connectivity index (χ4n) is 3.71. The van der Waals surface area contributed by atoms with Crippen LogP contribution in [-0.2, 0) is 11.2 Å². The van der Waals surface area contributed by atoms with Crippen LogP contribution in [0.15, 0.2) is 48.5 Å². The van der Waals surface area contributed by atoms with Gasteiger partial charge >= 0.3 is 0 Å². The summed E-state index contributed by atoms with van der Waals surface area (Å²) in [7, 11) is 0. The van der Waals surface area contributed by atoms with Gasteiger partial charge in [0.2, 0.25) is 5.91 Å². The first kappa shape index (κ1) is 25.4. The number of nitrogens with one attached hydrogen (secondary N) is 2. The molecular formula is C26H29FN6O2. The number of amides is 2. The molecule has 0 spiro atoms. The van der Waals surface area contributed by atoms with Crippen molar-refractivity contribution in [2.45, 2.75) is 39.7 Å². The van der Waals surface area contributed by atoms with Crippen molar-refractivity contribution < 1.29 is 14.0 Å². The minimum absolute atomic E-state index is 0.112. The molecule has 8 nitrogen and oxygen atoms in total. The van der Waals surface area contributed by atoms with Gasteiger partial charge in [-0.3, -0.25) is 9.59 Å². The maximum atomic E-state index is 13.2. The number of benzene rings is 2. The minimum atomic E-state index is -0.690.